The van der Waals surface area contributed by atoms with E-state index in [4.69, 9.17) is 17.4 Å². The number of nitrogen functional groups attached to an aromatic ring is 1. The number of aryl methyl sites for hydroxylation is 1. The van der Waals surface area contributed by atoms with Crippen molar-refractivity contribution < 1.29 is 4.79 Å². The molecule has 1 heterocycles. The number of nitrogens with one attached hydrogen (secondary N) is 2. The van der Waals surface area contributed by atoms with Crippen LogP contribution in [-0.4, -0.2) is 32.7 Å². The fourth-order valence-electron chi connectivity index (χ4n) is 2.35. The van der Waals surface area contributed by atoms with Gasteiger partial charge in [-0.1, -0.05) is 65.8 Å². The number of nitrogens with two attached hydrogens (primary N) is 1. The molecule has 0 radical (unpaired) electrons. The van der Waals surface area contributed by atoms with Gasteiger partial charge in [-0.15, -0.1) is 10.2 Å². The van der Waals surface area contributed by atoms with Gasteiger partial charge in [-0.25, -0.2) is 10.1 Å². The summed E-state index contributed by atoms with van der Waals surface area (Å²) >= 11 is 7.13. The van der Waals surface area contributed by atoms with Crippen molar-refractivity contribution in [2.24, 2.45) is 5.10 Å². The maximum atomic E-state index is 12.2. The van der Waals surface area contributed by atoms with Gasteiger partial charge in [-0.3, -0.25) is 4.79 Å². The van der Waals surface area contributed by atoms with Gasteiger partial charge < -0.3 is 11.2 Å². The molecule has 4 N–H and O–H groups in total. The van der Waals surface area contributed by atoms with Crippen molar-refractivity contribution in [3.63, 3.8) is 0 Å². The molecule has 0 aliphatic carbocycles. The number of allylic oxidation sites excluding steroid dienone is 1. The number of rotatable bonds is 8. The zero-order valence-corrected chi connectivity index (χ0v) is 17.7. The third kappa shape index (κ3) is 6.10. The Kier molecular flexibility index (Phi) is 7.47. The Bertz CT molecular complexity index is 1070. The van der Waals surface area contributed by atoms with Crippen molar-refractivity contribution >= 4 is 53.2 Å². The lowest BCUT2D eigenvalue weighted by molar-refractivity contribution is -0.113. The molecular weight excluding hydrogens is 422 g/mol. The molecule has 0 atom stereocenters. The van der Waals surface area contributed by atoms with E-state index in [0.29, 0.717) is 15.9 Å². The minimum atomic E-state index is -0.202. The molecule has 2 aromatic carbocycles. The first kappa shape index (κ1) is 21.4. The topological polar surface area (TPSA) is 110 Å². The Balaban J connectivity index is 1.50. The third-order valence-corrected chi connectivity index (χ3v) is 5.06. The van der Waals surface area contributed by atoms with Crippen LogP contribution in [0.5, 0.6) is 0 Å². The van der Waals surface area contributed by atoms with Crippen molar-refractivity contribution in [2.75, 3.05) is 22.3 Å². The largest absolute Gasteiger partial charge is 0.334 e. The summed E-state index contributed by atoms with van der Waals surface area (Å²) in [4.78, 5) is 12.2. The minimum Gasteiger partial charge on any atom is -0.334 e. The van der Waals surface area contributed by atoms with Crippen molar-refractivity contribution in [1.29, 1.82) is 0 Å². The molecule has 154 valence electrons. The molecule has 0 fully saturated rings. The summed E-state index contributed by atoms with van der Waals surface area (Å²) in [7, 11) is 0. The zero-order valence-electron chi connectivity index (χ0n) is 16.1. The molecule has 30 heavy (non-hydrogen) atoms. The molecule has 0 spiro atoms. The second-order valence-electron chi connectivity index (χ2n) is 6.13. The van der Waals surface area contributed by atoms with Gasteiger partial charge in [0.15, 0.2) is 0 Å². The molecule has 0 aliphatic rings. The van der Waals surface area contributed by atoms with Crippen LogP contribution in [0.3, 0.4) is 0 Å². The third-order valence-electron chi connectivity index (χ3n) is 3.88. The predicted octanol–water partition coefficient (Wildman–Crippen LogP) is 3.80. The second kappa shape index (κ2) is 10.5. The summed E-state index contributed by atoms with van der Waals surface area (Å²) in [6, 6.07) is 15.2. The van der Waals surface area contributed by atoms with Crippen LogP contribution in [-0.2, 0) is 4.79 Å². The van der Waals surface area contributed by atoms with Gasteiger partial charge in [-0.05, 0) is 36.3 Å². The summed E-state index contributed by atoms with van der Waals surface area (Å²) in [5.74, 6) is 6.13. The minimum absolute atomic E-state index is 0.115. The molecule has 1 amide bonds. The number of hydrogen-bond donors (Lipinski definition) is 3. The molecule has 3 rings (SSSR count). The SMILES string of the molecule is Cc1ccc(Cl)cc1NC(=O)CSc1nnc(N/N=C/C=C/c2ccccc2)n1N. The molecular formula is C20H20ClN7OS. The van der Waals surface area contributed by atoms with E-state index >= 15 is 0 Å². The Morgan fingerprint density at radius 1 is 1.27 bits per heavy atom. The number of hydrazone groups is 1. The average Bonchev–Trinajstić information content (AvgIpc) is 3.09. The molecule has 0 saturated heterocycles. The molecule has 0 aliphatic heterocycles. The monoisotopic (exact) mass is 441 g/mol. The van der Waals surface area contributed by atoms with Crippen LogP contribution in [0.4, 0.5) is 11.6 Å². The number of hydrogen-bond acceptors (Lipinski definition) is 7. The molecule has 0 bridgehead atoms. The highest BCUT2D eigenvalue weighted by molar-refractivity contribution is 7.99. The number of carbonyl (C=O) groups excluding carboxylic acids is 1. The number of carbonyl (C=O) groups is 1. The summed E-state index contributed by atoms with van der Waals surface area (Å²) < 4.78 is 1.24. The van der Waals surface area contributed by atoms with Gasteiger partial charge in [0.05, 0.1) is 5.75 Å². The highest BCUT2D eigenvalue weighted by Crippen LogP contribution is 2.21. The number of amides is 1. The van der Waals surface area contributed by atoms with Gasteiger partial charge in [0, 0.05) is 16.9 Å². The van der Waals surface area contributed by atoms with E-state index in [-0.39, 0.29) is 17.6 Å². The van der Waals surface area contributed by atoms with Gasteiger partial charge in [-0.2, -0.15) is 5.10 Å². The first-order valence-electron chi connectivity index (χ1n) is 8.93. The zero-order chi connectivity index (χ0) is 21.3. The summed E-state index contributed by atoms with van der Waals surface area (Å²) in [6.45, 7) is 1.89. The highest BCUT2D eigenvalue weighted by atomic mass is 35.5. The number of benzene rings is 2. The van der Waals surface area contributed by atoms with E-state index in [1.165, 1.54) is 4.68 Å². The van der Waals surface area contributed by atoms with Gasteiger partial charge in [0.1, 0.15) is 0 Å². The summed E-state index contributed by atoms with van der Waals surface area (Å²) in [6.07, 6.45) is 5.28. The van der Waals surface area contributed by atoms with Crippen molar-refractivity contribution in [3.05, 3.63) is 70.8 Å². The summed E-state index contributed by atoms with van der Waals surface area (Å²) in [5.41, 5.74) is 5.37. The van der Waals surface area contributed by atoms with Crippen LogP contribution in [0, 0.1) is 6.92 Å². The molecule has 8 nitrogen and oxygen atoms in total. The van der Waals surface area contributed by atoms with Crippen LogP contribution in [0.25, 0.3) is 6.08 Å². The van der Waals surface area contributed by atoms with Crippen LogP contribution < -0.4 is 16.6 Å². The second-order valence-corrected chi connectivity index (χ2v) is 7.51. The fourth-order valence-corrected chi connectivity index (χ4v) is 3.18. The first-order valence-corrected chi connectivity index (χ1v) is 10.3. The van der Waals surface area contributed by atoms with Gasteiger partial charge in [0.2, 0.25) is 11.1 Å². The van der Waals surface area contributed by atoms with E-state index in [9.17, 15) is 4.79 Å². The Labute approximate surface area is 183 Å². The smallest absolute Gasteiger partial charge is 0.264 e. The van der Waals surface area contributed by atoms with Crippen molar-refractivity contribution in [1.82, 2.24) is 14.9 Å². The van der Waals surface area contributed by atoms with Crippen LogP contribution >= 0.6 is 23.4 Å². The van der Waals surface area contributed by atoms with Crippen LogP contribution in [0.15, 0.2) is 64.9 Å². The lowest BCUT2D eigenvalue weighted by atomic mass is 10.2. The number of thioether (sulfide) groups is 1. The number of halogens is 1. The normalized spacial score (nSPS) is 11.3. The lowest BCUT2D eigenvalue weighted by Gasteiger charge is -2.08. The number of nitrogens with zero attached hydrogens (tertiary/aromatic N) is 4. The fraction of sp³-hybridized carbons (Fsp3) is 0.100. The lowest BCUT2D eigenvalue weighted by Crippen LogP contribution is -2.17. The van der Waals surface area contributed by atoms with E-state index in [0.717, 1.165) is 22.9 Å². The molecule has 3 aromatic rings. The van der Waals surface area contributed by atoms with Gasteiger partial charge in [0.25, 0.3) is 5.95 Å². The van der Waals surface area contributed by atoms with E-state index < -0.39 is 0 Å². The predicted molar refractivity (Wildman–Crippen MR) is 123 cm³/mol. The molecule has 10 heteroatoms. The number of aromatic nitrogens is 3. The molecule has 0 unspecified atom stereocenters. The number of anilines is 2. The average molecular weight is 442 g/mol. The highest BCUT2D eigenvalue weighted by Gasteiger charge is 2.12. The maximum absolute atomic E-state index is 12.2. The van der Waals surface area contributed by atoms with E-state index in [1.54, 1.807) is 24.4 Å². The van der Waals surface area contributed by atoms with E-state index in [1.807, 2.05) is 49.4 Å². The molecule has 0 saturated carbocycles. The summed E-state index contributed by atoms with van der Waals surface area (Å²) in [5, 5.41) is 15.7. The maximum Gasteiger partial charge on any atom is 0.264 e. The van der Waals surface area contributed by atoms with E-state index in [2.05, 4.69) is 26.0 Å². The quantitative estimate of drug-likeness (QED) is 0.212. The Morgan fingerprint density at radius 2 is 2.07 bits per heavy atom. The van der Waals surface area contributed by atoms with Crippen molar-refractivity contribution in [2.45, 2.75) is 12.1 Å². The van der Waals surface area contributed by atoms with Crippen molar-refractivity contribution in [3.8, 4) is 0 Å². The van der Waals surface area contributed by atoms with Crippen LogP contribution in [0.1, 0.15) is 11.1 Å². The van der Waals surface area contributed by atoms with Gasteiger partial charge >= 0.3 is 0 Å². The molecule has 1 aromatic heterocycles. The Morgan fingerprint density at radius 3 is 2.87 bits per heavy atom. The Hall–Kier alpha value is -3.30. The first-order chi connectivity index (χ1) is 14.5. The standard InChI is InChI=1S/C20H20ClN7OS/c1-14-9-10-16(21)12-17(14)24-18(29)13-30-20-27-26-19(28(20)22)25-23-11-5-8-15-6-3-2-4-7-15/h2-12H,13,22H2,1H3,(H,24,29)(H,25,26)/b8-5+,23-11+. The van der Waals surface area contributed by atoms with Crippen LogP contribution in [0.2, 0.25) is 5.02 Å².